The number of fused-ring (bicyclic) bond motifs is 3. The summed E-state index contributed by atoms with van der Waals surface area (Å²) in [6.45, 7) is 1.67. The Morgan fingerprint density at radius 2 is 1.95 bits per heavy atom. The minimum absolute atomic E-state index is 0.540. The lowest BCUT2D eigenvalue weighted by Gasteiger charge is -2.05. The number of hydrogen-bond donors (Lipinski definition) is 1. The van der Waals surface area contributed by atoms with E-state index in [4.69, 9.17) is 21.1 Å². The third-order valence-corrected chi connectivity index (χ3v) is 3.56. The van der Waals surface area contributed by atoms with Crippen molar-refractivity contribution in [3.05, 3.63) is 47.0 Å². The highest BCUT2D eigenvalue weighted by Gasteiger charge is 2.15. The van der Waals surface area contributed by atoms with E-state index in [1.807, 2.05) is 12.1 Å². The molecule has 0 bridgehead atoms. The summed E-state index contributed by atoms with van der Waals surface area (Å²) < 4.78 is 5.70. The second kappa shape index (κ2) is 4.28. The lowest BCUT2D eigenvalue weighted by atomic mass is 9.99. The molecule has 1 N–H and O–H groups in total. The molecule has 0 spiro atoms. The number of hydrogen-bond acceptors (Lipinski definition) is 2. The van der Waals surface area contributed by atoms with Crippen molar-refractivity contribution in [2.45, 2.75) is 12.8 Å². The van der Waals surface area contributed by atoms with Gasteiger partial charge in [0.25, 0.3) is 0 Å². The summed E-state index contributed by atoms with van der Waals surface area (Å²) in [5.41, 5.74) is 2.21. The first-order valence-electron chi connectivity index (χ1n) is 5.91. The molecule has 0 fully saturated rings. The highest BCUT2D eigenvalue weighted by molar-refractivity contribution is 6.31. The van der Waals surface area contributed by atoms with Crippen LogP contribution in [0.2, 0.25) is 5.02 Å². The fraction of sp³-hybridized carbons (Fsp3) is 0.133. The molecule has 0 saturated carbocycles. The summed E-state index contributed by atoms with van der Waals surface area (Å²) in [5, 5.41) is 11.5. The lowest BCUT2D eigenvalue weighted by molar-refractivity contribution is -0.138. The molecule has 19 heavy (non-hydrogen) atoms. The number of furan rings is 1. The molecule has 3 aromatic rings. The monoisotopic (exact) mass is 274 g/mol. The molecular weight excluding hydrogens is 264 g/mol. The second-order valence-electron chi connectivity index (χ2n) is 4.56. The Morgan fingerprint density at radius 3 is 2.68 bits per heavy atom. The minimum atomic E-state index is -0.838. The third kappa shape index (κ3) is 1.96. The van der Waals surface area contributed by atoms with Crippen LogP contribution in [0.3, 0.4) is 0 Å². The number of halogens is 1. The van der Waals surface area contributed by atoms with Gasteiger partial charge >= 0.3 is 5.97 Å². The molecule has 96 valence electrons. The van der Waals surface area contributed by atoms with Crippen LogP contribution < -0.4 is 0 Å². The molecule has 1 aromatic heterocycles. The molecule has 0 aliphatic carbocycles. The zero-order valence-electron chi connectivity index (χ0n) is 10.2. The zero-order valence-corrected chi connectivity index (χ0v) is 10.9. The van der Waals surface area contributed by atoms with E-state index in [1.54, 1.807) is 31.2 Å². The number of carbonyl (C=O) groups is 1. The van der Waals surface area contributed by atoms with E-state index in [2.05, 4.69) is 0 Å². The summed E-state index contributed by atoms with van der Waals surface area (Å²) in [7, 11) is 0. The lowest BCUT2D eigenvalue weighted by Crippen LogP contribution is -2.06. The number of rotatable bonds is 2. The maximum atomic E-state index is 11.0. The Morgan fingerprint density at radius 1 is 1.16 bits per heavy atom. The van der Waals surface area contributed by atoms with E-state index in [1.165, 1.54) is 0 Å². The van der Waals surface area contributed by atoms with Gasteiger partial charge in [0, 0.05) is 21.9 Å². The van der Waals surface area contributed by atoms with Gasteiger partial charge in [0.15, 0.2) is 0 Å². The smallest absolute Gasteiger partial charge is 0.310 e. The first-order valence-corrected chi connectivity index (χ1v) is 6.28. The van der Waals surface area contributed by atoms with Crippen LogP contribution in [0.5, 0.6) is 0 Å². The first-order chi connectivity index (χ1) is 9.06. The molecule has 3 rings (SSSR count). The van der Waals surface area contributed by atoms with Crippen molar-refractivity contribution in [3.8, 4) is 0 Å². The largest absolute Gasteiger partial charge is 0.481 e. The molecule has 0 saturated heterocycles. The molecule has 0 aliphatic rings. The van der Waals surface area contributed by atoms with Gasteiger partial charge in [-0.15, -0.1) is 0 Å². The van der Waals surface area contributed by atoms with Gasteiger partial charge < -0.3 is 9.52 Å². The zero-order chi connectivity index (χ0) is 13.6. The van der Waals surface area contributed by atoms with Crippen molar-refractivity contribution < 1.29 is 14.3 Å². The summed E-state index contributed by atoms with van der Waals surface area (Å²) in [6, 6.07) is 10.9. The van der Waals surface area contributed by atoms with Crippen molar-refractivity contribution in [2.75, 3.05) is 0 Å². The summed E-state index contributed by atoms with van der Waals surface area (Å²) in [6.07, 6.45) is 0. The number of carboxylic acids is 1. The molecule has 2 aromatic carbocycles. The predicted octanol–water partition coefficient (Wildman–Crippen LogP) is 4.43. The van der Waals surface area contributed by atoms with Crippen LogP contribution in [0, 0.1) is 0 Å². The molecule has 3 nitrogen and oxygen atoms in total. The van der Waals surface area contributed by atoms with Crippen LogP contribution in [-0.2, 0) is 4.79 Å². The van der Waals surface area contributed by atoms with Gasteiger partial charge in [-0.2, -0.15) is 0 Å². The molecular formula is C15H11ClO3. The number of aliphatic carboxylic acids is 1. The van der Waals surface area contributed by atoms with Gasteiger partial charge in [0.2, 0.25) is 0 Å². The van der Waals surface area contributed by atoms with Crippen LogP contribution in [0.25, 0.3) is 21.9 Å². The molecule has 4 heteroatoms. The van der Waals surface area contributed by atoms with Crippen LogP contribution in [0.1, 0.15) is 18.4 Å². The Kier molecular flexibility index (Phi) is 2.72. The van der Waals surface area contributed by atoms with Gasteiger partial charge in [-0.05, 0) is 36.8 Å². The van der Waals surface area contributed by atoms with Gasteiger partial charge in [0.1, 0.15) is 11.2 Å². The topological polar surface area (TPSA) is 50.4 Å². The average Bonchev–Trinajstić information content (AvgIpc) is 2.73. The fourth-order valence-electron chi connectivity index (χ4n) is 2.18. The predicted molar refractivity (Wildman–Crippen MR) is 74.8 cm³/mol. The van der Waals surface area contributed by atoms with Crippen molar-refractivity contribution in [1.82, 2.24) is 0 Å². The average molecular weight is 275 g/mol. The van der Waals surface area contributed by atoms with Crippen LogP contribution in [0.4, 0.5) is 0 Å². The van der Waals surface area contributed by atoms with E-state index in [0.717, 1.165) is 21.9 Å². The molecule has 1 heterocycles. The number of benzene rings is 2. The highest BCUT2D eigenvalue weighted by Crippen LogP contribution is 2.32. The fourth-order valence-corrected chi connectivity index (χ4v) is 2.34. The molecule has 0 radical (unpaired) electrons. The molecule has 1 unspecified atom stereocenters. The Labute approximate surface area is 114 Å². The Balaban J connectivity index is 2.27. The summed E-state index contributed by atoms with van der Waals surface area (Å²) in [4.78, 5) is 11.0. The molecule has 1 atom stereocenters. The van der Waals surface area contributed by atoms with Crippen molar-refractivity contribution >= 4 is 39.5 Å². The third-order valence-electron chi connectivity index (χ3n) is 3.33. The normalized spacial score (nSPS) is 12.9. The van der Waals surface area contributed by atoms with Gasteiger partial charge in [-0.3, -0.25) is 4.79 Å². The van der Waals surface area contributed by atoms with Crippen LogP contribution in [-0.4, -0.2) is 11.1 Å². The quantitative estimate of drug-likeness (QED) is 0.752. The van der Waals surface area contributed by atoms with Gasteiger partial charge in [-0.25, -0.2) is 0 Å². The van der Waals surface area contributed by atoms with E-state index >= 15 is 0 Å². The van der Waals surface area contributed by atoms with Crippen LogP contribution >= 0.6 is 11.6 Å². The van der Waals surface area contributed by atoms with Gasteiger partial charge in [0.05, 0.1) is 5.92 Å². The second-order valence-corrected chi connectivity index (χ2v) is 4.99. The minimum Gasteiger partial charge on any atom is -0.481 e. The van der Waals surface area contributed by atoms with Crippen molar-refractivity contribution in [3.63, 3.8) is 0 Å². The van der Waals surface area contributed by atoms with E-state index in [-0.39, 0.29) is 0 Å². The molecule has 0 amide bonds. The van der Waals surface area contributed by atoms with E-state index < -0.39 is 11.9 Å². The van der Waals surface area contributed by atoms with Crippen molar-refractivity contribution in [1.29, 1.82) is 0 Å². The molecule has 0 aliphatic heterocycles. The maximum absolute atomic E-state index is 11.0. The van der Waals surface area contributed by atoms with Crippen molar-refractivity contribution in [2.24, 2.45) is 0 Å². The number of carboxylic acid groups (broad SMARTS) is 1. The summed E-state index contributed by atoms with van der Waals surface area (Å²) in [5.74, 6) is -1.38. The standard InChI is InChI=1S/C15H11ClO3/c1-8(15(17)18)9-2-5-13-12(6-9)11-4-3-10(16)7-14(11)19-13/h2-8H,1H3,(H,17,18). The first kappa shape index (κ1) is 12.1. The Bertz CT molecular complexity index is 789. The maximum Gasteiger partial charge on any atom is 0.310 e. The van der Waals surface area contributed by atoms with E-state index in [9.17, 15) is 4.79 Å². The van der Waals surface area contributed by atoms with Crippen LogP contribution in [0.15, 0.2) is 40.8 Å². The highest BCUT2D eigenvalue weighted by atomic mass is 35.5. The summed E-state index contributed by atoms with van der Waals surface area (Å²) >= 11 is 5.93. The van der Waals surface area contributed by atoms with Gasteiger partial charge in [-0.1, -0.05) is 17.7 Å². The SMILES string of the molecule is CC(C(=O)O)c1ccc2oc3cc(Cl)ccc3c2c1. The Hall–Kier alpha value is -2.00. The van der Waals surface area contributed by atoms with E-state index in [0.29, 0.717) is 10.6 Å².